The Morgan fingerprint density at radius 3 is 2.69 bits per heavy atom. The zero-order chi connectivity index (χ0) is 18.7. The summed E-state index contributed by atoms with van der Waals surface area (Å²) in [5.74, 6) is -0.453. The Balaban J connectivity index is 1.92. The van der Waals surface area contributed by atoms with Gasteiger partial charge in [-0.05, 0) is 34.7 Å². The number of non-ortho nitro benzene ring substituents is 1. The van der Waals surface area contributed by atoms with Crippen LogP contribution >= 0.6 is 0 Å². The van der Waals surface area contributed by atoms with Crippen molar-refractivity contribution in [1.29, 1.82) is 0 Å². The van der Waals surface area contributed by atoms with Crippen molar-refractivity contribution in [2.45, 2.75) is 0 Å². The first kappa shape index (κ1) is 17.0. The smallest absolute Gasteiger partial charge is 0.270 e. The van der Waals surface area contributed by atoms with Gasteiger partial charge in [-0.3, -0.25) is 14.9 Å². The molecule has 0 aliphatic carbocycles. The normalized spacial score (nSPS) is 10.4. The molecule has 2 aromatic carbocycles. The van der Waals surface area contributed by atoms with E-state index < -0.39 is 10.8 Å². The highest BCUT2D eigenvalue weighted by Gasteiger charge is 2.18. The molecule has 1 aromatic heterocycles. The Kier molecular flexibility index (Phi) is 4.56. The van der Waals surface area contributed by atoms with Crippen LogP contribution in [-0.2, 0) is 0 Å². The topological polar surface area (TPSA) is 119 Å². The van der Waals surface area contributed by atoms with Crippen LogP contribution in [0.1, 0.15) is 10.4 Å². The predicted molar refractivity (Wildman–Crippen MR) is 94.5 cm³/mol. The fraction of sp³-hybridized carbons (Fsp3) is 0.125. The van der Waals surface area contributed by atoms with Crippen LogP contribution in [0.2, 0.25) is 0 Å². The number of anilines is 2. The van der Waals surface area contributed by atoms with E-state index in [0.717, 1.165) is 0 Å². The molecule has 132 valence electrons. The highest BCUT2D eigenvalue weighted by atomic mass is 16.6. The van der Waals surface area contributed by atoms with Crippen LogP contribution in [0.15, 0.2) is 48.8 Å². The molecule has 0 fully saturated rings. The third-order valence-electron chi connectivity index (χ3n) is 3.63. The molecule has 3 aromatic rings. The Morgan fingerprint density at radius 2 is 2.04 bits per heavy atom. The monoisotopic (exact) mass is 353 g/mol. The van der Waals surface area contributed by atoms with Crippen molar-refractivity contribution in [3.63, 3.8) is 0 Å². The summed E-state index contributed by atoms with van der Waals surface area (Å²) in [5, 5.41) is 24.7. The average Bonchev–Trinajstić information content (AvgIpc) is 3.16. The van der Waals surface area contributed by atoms with Crippen molar-refractivity contribution in [2.75, 3.05) is 24.3 Å². The quantitative estimate of drug-likeness (QED) is 0.549. The number of benzene rings is 2. The average molecular weight is 353 g/mol. The summed E-state index contributed by atoms with van der Waals surface area (Å²) in [6.45, 7) is 0. The number of nitro benzene ring substituents is 1. The van der Waals surface area contributed by atoms with Crippen molar-refractivity contribution in [3.8, 4) is 5.69 Å². The van der Waals surface area contributed by atoms with E-state index in [4.69, 9.17) is 0 Å². The molecule has 26 heavy (non-hydrogen) atoms. The number of carbonyl (C=O) groups is 1. The molecule has 1 N–H and O–H groups in total. The lowest BCUT2D eigenvalue weighted by Gasteiger charge is -2.17. The van der Waals surface area contributed by atoms with Crippen LogP contribution in [0.3, 0.4) is 0 Å². The van der Waals surface area contributed by atoms with Crippen molar-refractivity contribution >= 4 is 23.0 Å². The molecule has 0 saturated carbocycles. The molecule has 0 saturated heterocycles. The van der Waals surface area contributed by atoms with Gasteiger partial charge in [0.2, 0.25) is 0 Å². The van der Waals surface area contributed by atoms with E-state index in [9.17, 15) is 14.9 Å². The van der Waals surface area contributed by atoms with E-state index in [1.54, 1.807) is 49.3 Å². The third-order valence-corrected chi connectivity index (χ3v) is 3.63. The van der Waals surface area contributed by atoms with Gasteiger partial charge in [-0.1, -0.05) is 6.07 Å². The summed E-state index contributed by atoms with van der Waals surface area (Å²) in [6.07, 6.45) is 1.44. The number of rotatable bonds is 5. The maximum absolute atomic E-state index is 12.7. The minimum atomic E-state index is -0.533. The fourth-order valence-electron chi connectivity index (χ4n) is 2.41. The van der Waals surface area contributed by atoms with Gasteiger partial charge >= 0.3 is 0 Å². The molecule has 0 radical (unpaired) electrons. The number of hydrogen-bond donors (Lipinski definition) is 1. The van der Waals surface area contributed by atoms with Crippen LogP contribution in [0.5, 0.6) is 0 Å². The largest absolute Gasteiger partial charge is 0.377 e. The summed E-state index contributed by atoms with van der Waals surface area (Å²) in [4.78, 5) is 24.9. The number of nitro groups is 1. The Bertz CT molecular complexity index is 954. The first-order valence-corrected chi connectivity index (χ1v) is 7.56. The Labute approximate surface area is 148 Å². The highest BCUT2D eigenvalue weighted by molar-refractivity contribution is 6.08. The number of aromatic nitrogens is 4. The molecule has 3 rings (SSSR count). The number of amides is 1. The minimum Gasteiger partial charge on any atom is -0.377 e. The van der Waals surface area contributed by atoms with Crippen LogP contribution in [-0.4, -0.2) is 45.1 Å². The third kappa shape index (κ3) is 3.48. The van der Waals surface area contributed by atoms with Gasteiger partial charge in [0.25, 0.3) is 11.6 Å². The molecule has 0 unspecified atom stereocenters. The number of tetrazole rings is 1. The summed E-state index contributed by atoms with van der Waals surface area (Å²) in [5.41, 5.74) is 1.81. The molecule has 0 spiro atoms. The van der Waals surface area contributed by atoms with Gasteiger partial charge in [0.15, 0.2) is 0 Å². The highest BCUT2D eigenvalue weighted by Crippen LogP contribution is 2.25. The predicted octanol–water partition coefficient (Wildman–Crippen LogP) is 1.89. The second-order valence-corrected chi connectivity index (χ2v) is 5.61. The molecule has 0 bridgehead atoms. The maximum Gasteiger partial charge on any atom is 0.270 e. The van der Waals surface area contributed by atoms with Crippen molar-refractivity contribution in [1.82, 2.24) is 20.2 Å². The SMILES string of the molecule is CN(C)c1ccc([N+](=O)[O-])cc1C(=O)Nc1cccc(-n2cnnn2)c1. The fourth-order valence-corrected chi connectivity index (χ4v) is 2.41. The molecule has 1 amide bonds. The van der Waals surface area contributed by atoms with E-state index in [1.807, 2.05) is 0 Å². The molecule has 0 atom stereocenters. The summed E-state index contributed by atoms with van der Waals surface area (Å²) in [7, 11) is 3.52. The summed E-state index contributed by atoms with van der Waals surface area (Å²) >= 11 is 0. The van der Waals surface area contributed by atoms with E-state index in [2.05, 4.69) is 20.8 Å². The van der Waals surface area contributed by atoms with Gasteiger partial charge < -0.3 is 10.2 Å². The van der Waals surface area contributed by atoms with Crippen LogP contribution < -0.4 is 10.2 Å². The Morgan fingerprint density at radius 1 is 1.23 bits per heavy atom. The van der Waals surface area contributed by atoms with Crippen LogP contribution in [0.25, 0.3) is 5.69 Å². The first-order valence-electron chi connectivity index (χ1n) is 7.56. The van der Waals surface area contributed by atoms with E-state index in [1.165, 1.54) is 23.1 Å². The second kappa shape index (κ2) is 6.97. The second-order valence-electron chi connectivity index (χ2n) is 5.61. The molecule has 0 aliphatic heterocycles. The number of nitrogens with one attached hydrogen (secondary N) is 1. The lowest BCUT2D eigenvalue weighted by atomic mass is 10.1. The Hall–Kier alpha value is -3.82. The lowest BCUT2D eigenvalue weighted by molar-refractivity contribution is -0.384. The number of nitrogens with zero attached hydrogens (tertiary/aromatic N) is 6. The molecule has 1 heterocycles. The summed E-state index contributed by atoms with van der Waals surface area (Å²) < 4.78 is 1.45. The van der Waals surface area contributed by atoms with Gasteiger partial charge in [0.05, 0.1) is 16.2 Å². The number of hydrogen-bond acceptors (Lipinski definition) is 7. The molecular weight excluding hydrogens is 338 g/mol. The van der Waals surface area contributed by atoms with Crippen LogP contribution in [0, 0.1) is 10.1 Å². The van der Waals surface area contributed by atoms with Crippen LogP contribution in [0.4, 0.5) is 17.1 Å². The first-order chi connectivity index (χ1) is 12.5. The van der Waals surface area contributed by atoms with Gasteiger partial charge in [0, 0.05) is 37.6 Å². The van der Waals surface area contributed by atoms with Gasteiger partial charge in [-0.25, -0.2) is 4.68 Å². The van der Waals surface area contributed by atoms with E-state index >= 15 is 0 Å². The van der Waals surface area contributed by atoms with Crippen molar-refractivity contribution in [3.05, 3.63) is 64.5 Å². The summed E-state index contributed by atoms with van der Waals surface area (Å²) in [6, 6.07) is 11.1. The zero-order valence-electron chi connectivity index (χ0n) is 14.0. The standard InChI is InChI=1S/C16H15N7O3/c1-21(2)15-7-6-13(23(25)26)9-14(15)16(24)18-11-4-3-5-12(8-11)22-10-17-19-20-22/h3-10H,1-2H3,(H,18,24). The molecular formula is C16H15N7O3. The van der Waals surface area contributed by atoms with Gasteiger partial charge in [-0.2, -0.15) is 0 Å². The van der Waals surface area contributed by atoms with E-state index in [-0.39, 0.29) is 11.3 Å². The maximum atomic E-state index is 12.7. The number of carbonyl (C=O) groups excluding carboxylic acids is 1. The van der Waals surface area contributed by atoms with Gasteiger partial charge in [-0.15, -0.1) is 5.10 Å². The molecule has 0 aliphatic rings. The van der Waals surface area contributed by atoms with Crippen molar-refractivity contribution in [2.24, 2.45) is 0 Å². The van der Waals surface area contributed by atoms with Gasteiger partial charge in [0.1, 0.15) is 6.33 Å². The lowest BCUT2D eigenvalue weighted by Crippen LogP contribution is -2.19. The molecule has 10 heteroatoms. The van der Waals surface area contributed by atoms with Crippen molar-refractivity contribution < 1.29 is 9.72 Å². The zero-order valence-corrected chi connectivity index (χ0v) is 14.0. The molecule has 10 nitrogen and oxygen atoms in total. The minimum absolute atomic E-state index is 0.150. The van der Waals surface area contributed by atoms with E-state index in [0.29, 0.717) is 17.1 Å².